The Kier molecular flexibility index (Phi) is 5.85. The molecule has 0 aliphatic heterocycles. The SMILES string of the molecule is CCCCN(C1CC1)S(=O)(=O)N(C)CCCN. The van der Waals surface area contributed by atoms with Crippen molar-refractivity contribution in [2.45, 2.75) is 45.1 Å². The highest BCUT2D eigenvalue weighted by atomic mass is 32.2. The molecule has 0 aromatic carbocycles. The van der Waals surface area contributed by atoms with Crippen LogP contribution in [0.15, 0.2) is 0 Å². The largest absolute Gasteiger partial charge is 0.330 e. The summed E-state index contributed by atoms with van der Waals surface area (Å²) in [6.45, 7) is 3.76. The van der Waals surface area contributed by atoms with Gasteiger partial charge >= 0.3 is 0 Å². The molecule has 0 saturated heterocycles. The summed E-state index contributed by atoms with van der Waals surface area (Å²) in [5, 5.41) is 0. The first-order valence-corrected chi connectivity index (χ1v) is 7.87. The molecular formula is C11H25N3O2S. The molecule has 6 heteroatoms. The van der Waals surface area contributed by atoms with Crippen LogP contribution in [0.1, 0.15) is 39.0 Å². The van der Waals surface area contributed by atoms with E-state index in [1.165, 1.54) is 4.31 Å². The standard InChI is InChI=1S/C11H25N3O2S/c1-3-4-10-14(11-6-7-11)17(15,16)13(2)9-5-8-12/h11H,3-10,12H2,1-2H3. The van der Waals surface area contributed by atoms with Crippen LogP contribution in [0, 0.1) is 0 Å². The van der Waals surface area contributed by atoms with Crippen molar-refractivity contribution in [3.05, 3.63) is 0 Å². The van der Waals surface area contributed by atoms with Gasteiger partial charge in [-0.3, -0.25) is 0 Å². The Balaban J connectivity index is 2.62. The van der Waals surface area contributed by atoms with Crippen LogP contribution in [0.2, 0.25) is 0 Å². The molecule has 5 nitrogen and oxygen atoms in total. The van der Waals surface area contributed by atoms with Crippen LogP contribution in [0.3, 0.4) is 0 Å². The number of hydrogen-bond acceptors (Lipinski definition) is 3. The molecule has 1 rings (SSSR count). The Labute approximate surface area is 105 Å². The summed E-state index contributed by atoms with van der Waals surface area (Å²) < 4.78 is 27.8. The van der Waals surface area contributed by atoms with Crippen LogP contribution >= 0.6 is 0 Å². The molecule has 2 N–H and O–H groups in total. The Bertz CT molecular complexity index is 315. The van der Waals surface area contributed by atoms with Gasteiger partial charge in [0.25, 0.3) is 10.2 Å². The van der Waals surface area contributed by atoms with Crippen LogP contribution < -0.4 is 5.73 Å². The van der Waals surface area contributed by atoms with Gasteiger partial charge in [-0.05, 0) is 32.2 Å². The number of nitrogens with zero attached hydrogens (tertiary/aromatic N) is 2. The van der Waals surface area contributed by atoms with Crippen LogP contribution in [0.25, 0.3) is 0 Å². The summed E-state index contributed by atoms with van der Waals surface area (Å²) in [6, 6.07) is 0.242. The van der Waals surface area contributed by atoms with Crippen LogP contribution in [-0.4, -0.2) is 49.8 Å². The van der Waals surface area contributed by atoms with E-state index in [1.807, 2.05) is 0 Å². The van der Waals surface area contributed by atoms with Gasteiger partial charge < -0.3 is 5.73 Å². The zero-order valence-electron chi connectivity index (χ0n) is 10.9. The lowest BCUT2D eigenvalue weighted by molar-refractivity contribution is 0.346. The summed E-state index contributed by atoms with van der Waals surface area (Å²) in [5.41, 5.74) is 5.41. The van der Waals surface area contributed by atoms with E-state index in [4.69, 9.17) is 5.73 Å². The lowest BCUT2D eigenvalue weighted by Gasteiger charge is -2.27. The average molecular weight is 263 g/mol. The molecule has 1 aliphatic carbocycles. The number of rotatable bonds is 9. The van der Waals surface area contributed by atoms with E-state index in [-0.39, 0.29) is 6.04 Å². The van der Waals surface area contributed by atoms with Gasteiger partial charge in [-0.25, -0.2) is 0 Å². The highest BCUT2D eigenvalue weighted by molar-refractivity contribution is 7.86. The smallest absolute Gasteiger partial charge is 0.281 e. The lowest BCUT2D eigenvalue weighted by atomic mass is 10.3. The molecule has 0 bridgehead atoms. The quantitative estimate of drug-likeness (QED) is 0.668. The van der Waals surface area contributed by atoms with E-state index in [2.05, 4.69) is 6.92 Å². The van der Waals surface area contributed by atoms with Crippen molar-refractivity contribution in [1.29, 1.82) is 0 Å². The third-order valence-corrected chi connectivity index (χ3v) is 5.10. The lowest BCUT2D eigenvalue weighted by Crippen LogP contribution is -2.44. The predicted molar refractivity (Wildman–Crippen MR) is 69.9 cm³/mol. The summed E-state index contributed by atoms with van der Waals surface area (Å²) in [6.07, 6.45) is 4.68. The average Bonchev–Trinajstić information content (AvgIpc) is 3.10. The molecule has 0 heterocycles. The summed E-state index contributed by atoms with van der Waals surface area (Å²) in [7, 11) is -1.63. The fourth-order valence-electron chi connectivity index (χ4n) is 1.77. The van der Waals surface area contributed by atoms with Crippen molar-refractivity contribution in [2.75, 3.05) is 26.7 Å². The Morgan fingerprint density at radius 1 is 1.24 bits per heavy atom. The van der Waals surface area contributed by atoms with Crippen molar-refractivity contribution in [3.63, 3.8) is 0 Å². The van der Waals surface area contributed by atoms with E-state index in [0.29, 0.717) is 26.1 Å². The van der Waals surface area contributed by atoms with Gasteiger partial charge in [0.05, 0.1) is 0 Å². The zero-order valence-corrected chi connectivity index (χ0v) is 11.7. The van der Waals surface area contributed by atoms with Gasteiger partial charge in [0.2, 0.25) is 0 Å². The molecule has 0 radical (unpaired) electrons. The molecule has 1 aliphatic rings. The molecule has 17 heavy (non-hydrogen) atoms. The normalized spacial score (nSPS) is 17.0. The van der Waals surface area contributed by atoms with E-state index in [1.54, 1.807) is 11.4 Å². The Morgan fingerprint density at radius 2 is 1.88 bits per heavy atom. The molecule has 1 fully saturated rings. The minimum atomic E-state index is -3.27. The Hall–Kier alpha value is -0.170. The molecule has 0 unspecified atom stereocenters. The maximum Gasteiger partial charge on any atom is 0.281 e. The van der Waals surface area contributed by atoms with Gasteiger partial charge in [0.1, 0.15) is 0 Å². The van der Waals surface area contributed by atoms with E-state index < -0.39 is 10.2 Å². The second-order valence-electron chi connectivity index (χ2n) is 4.67. The monoisotopic (exact) mass is 263 g/mol. The molecule has 0 atom stereocenters. The van der Waals surface area contributed by atoms with Crippen molar-refractivity contribution < 1.29 is 8.42 Å². The fraction of sp³-hybridized carbons (Fsp3) is 1.00. The molecular weight excluding hydrogens is 238 g/mol. The van der Waals surface area contributed by atoms with Crippen LogP contribution in [-0.2, 0) is 10.2 Å². The highest BCUT2D eigenvalue weighted by Gasteiger charge is 2.38. The molecule has 0 amide bonds. The summed E-state index contributed by atoms with van der Waals surface area (Å²) >= 11 is 0. The maximum absolute atomic E-state index is 12.3. The fourth-order valence-corrected chi connectivity index (χ4v) is 3.44. The van der Waals surface area contributed by atoms with Crippen molar-refractivity contribution in [2.24, 2.45) is 5.73 Å². The number of hydrogen-bond donors (Lipinski definition) is 1. The molecule has 1 saturated carbocycles. The minimum absolute atomic E-state index is 0.242. The maximum atomic E-state index is 12.3. The zero-order chi connectivity index (χ0) is 12.9. The minimum Gasteiger partial charge on any atom is -0.330 e. The number of nitrogens with two attached hydrogens (primary N) is 1. The molecule has 0 aromatic heterocycles. The predicted octanol–water partition coefficient (Wildman–Crippen LogP) is 0.776. The second-order valence-corrected chi connectivity index (χ2v) is 6.66. The summed E-state index contributed by atoms with van der Waals surface area (Å²) in [4.78, 5) is 0. The third kappa shape index (κ3) is 4.21. The first kappa shape index (κ1) is 14.9. The van der Waals surface area contributed by atoms with Crippen molar-refractivity contribution in [3.8, 4) is 0 Å². The van der Waals surface area contributed by atoms with Gasteiger partial charge in [0.15, 0.2) is 0 Å². The van der Waals surface area contributed by atoms with Gasteiger partial charge in [-0.2, -0.15) is 17.0 Å². The van der Waals surface area contributed by atoms with Crippen molar-refractivity contribution >= 4 is 10.2 Å². The van der Waals surface area contributed by atoms with E-state index in [0.717, 1.165) is 25.7 Å². The van der Waals surface area contributed by atoms with Gasteiger partial charge in [-0.1, -0.05) is 13.3 Å². The van der Waals surface area contributed by atoms with E-state index >= 15 is 0 Å². The van der Waals surface area contributed by atoms with E-state index in [9.17, 15) is 8.42 Å². The first-order valence-electron chi connectivity index (χ1n) is 6.47. The van der Waals surface area contributed by atoms with Crippen LogP contribution in [0.4, 0.5) is 0 Å². The Morgan fingerprint density at radius 3 is 2.35 bits per heavy atom. The molecule has 0 spiro atoms. The molecule has 102 valence electrons. The topological polar surface area (TPSA) is 66.6 Å². The van der Waals surface area contributed by atoms with Gasteiger partial charge in [-0.15, -0.1) is 0 Å². The molecule has 0 aromatic rings. The van der Waals surface area contributed by atoms with Crippen LogP contribution in [0.5, 0.6) is 0 Å². The third-order valence-electron chi connectivity index (χ3n) is 3.05. The summed E-state index contributed by atoms with van der Waals surface area (Å²) in [5.74, 6) is 0. The first-order chi connectivity index (χ1) is 8.04. The number of unbranched alkanes of at least 4 members (excludes halogenated alkanes) is 1. The van der Waals surface area contributed by atoms with Gasteiger partial charge in [0, 0.05) is 26.2 Å². The van der Waals surface area contributed by atoms with Crippen molar-refractivity contribution in [1.82, 2.24) is 8.61 Å². The highest BCUT2D eigenvalue weighted by Crippen LogP contribution is 2.30. The second kappa shape index (κ2) is 6.68.